The van der Waals surface area contributed by atoms with Crippen LogP contribution >= 0.6 is 0 Å². The quantitative estimate of drug-likeness (QED) is 0.173. The zero-order chi connectivity index (χ0) is 41.7. The van der Waals surface area contributed by atoms with E-state index in [0.29, 0.717) is 0 Å². The number of nitrogens with zero attached hydrogens (tertiary/aromatic N) is 2. The first-order chi connectivity index (χ1) is 30.3. The fraction of sp³-hybridized carbons (Fsp3) is 0.100. The van der Waals surface area contributed by atoms with Crippen molar-refractivity contribution < 1.29 is 0 Å². The van der Waals surface area contributed by atoms with E-state index in [2.05, 4.69) is 216 Å². The van der Waals surface area contributed by atoms with Crippen molar-refractivity contribution in [2.24, 2.45) is 0 Å². The molecule has 2 heteroatoms. The highest BCUT2D eigenvalue weighted by Crippen LogP contribution is 2.54. The maximum absolute atomic E-state index is 5.32. The minimum atomic E-state index is -0.107. The van der Waals surface area contributed by atoms with Gasteiger partial charge in [0.25, 0.3) is 0 Å². The summed E-state index contributed by atoms with van der Waals surface area (Å²) in [6, 6.07) is 71.0. The van der Waals surface area contributed by atoms with Gasteiger partial charge in [-0.1, -0.05) is 210 Å². The van der Waals surface area contributed by atoms with Gasteiger partial charge in [-0.05, 0) is 100 Å². The molecule has 0 saturated carbocycles. The Kier molecular flexibility index (Phi) is 7.96. The Morgan fingerprint density at radius 1 is 0.323 bits per heavy atom. The second kappa shape index (κ2) is 13.5. The molecule has 0 N–H and O–H groups in total. The van der Waals surface area contributed by atoms with Gasteiger partial charge in [0.2, 0.25) is 0 Å². The molecule has 1 heterocycles. The molecule has 0 radical (unpaired) electrons. The summed E-state index contributed by atoms with van der Waals surface area (Å²) in [5, 5.41) is 5.00. The van der Waals surface area contributed by atoms with E-state index >= 15 is 0 Å². The number of fused-ring (bicyclic) bond motifs is 9. The molecule has 10 aromatic rings. The van der Waals surface area contributed by atoms with E-state index in [1.165, 1.54) is 82.9 Å². The highest BCUT2D eigenvalue weighted by atomic mass is 14.9. The summed E-state index contributed by atoms with van der Waals surface area (Å²) in [5.41, 5.74) is 20.4. The van der Waals surface area contributed by atoms with E-state index in [1.54, 1.807) is 0 Å². The summed E-state index contributed by atoms with van der Waals surface area (Å²) in [5.74, 6) is 0.720. The predicted molar refractivity (Wildman–Crippen MR) is 259 cm³/mol. The van der Waals surface area contributed by atoms with Gasteiger partial charge in [0.05, 0.1) is 11.4 Å². The van der Waals surface area contributed by atoms with Crippen LogP contribution in [0.2, 0.25) is 0 Å². The summed E-state index contributed by atoms with van der Waals surface area (Å²) >= 11 is 0. The molecule has 0 unspecified atom stereocenters. The second-order valence-electron chi connectivity index (χ2n) is 18.1. The van der Waals surface area contributed by atoms with Crippen molar-refractivity contribution in [3.8, 4) is 78.4 Å². The lowest BCUT2D eigenvalue weighted by molar-refractivity contribution is 0.660. The molecule has 0 bridgehead atoms. The van der Waals surface area contributed by atoms with Crippen LogP contribution in [0.1, 0.15) is 49.9 Å². The van der Waals surface area contributed by atoms with E-state index in [0.717, 1.165) is 39.3 Å². The Balaban J connectivity index is 0.945. The Bertz CT molecular complexity index is 3450. The Morgan fingerprint density at radius 2 is 0.903 bits per heavy atom. The first-order valence-corrected chi connectivity index (χ1v) is 21.7. The van der Waals surface area contributed by atoms with Crippen molar-refractivity contribution >= 4 is 21.5 Å². The molecule has 62 heavy (non-hydrogen) atoms. The van der Waals surface area contributed by atoms with Crippen LogP contribution in [0, 0.1) is 0 Å². The zero-order valence-electron chi connectivity index (χ0n) is 35.4. The minimum absolute atomic E-state index is 0.0993. The molecule has 1 aromatic heterocycles. The van der Waals surface area contributed by atoms with Gasteiger partial charge in [0, 0.05) is 27.5 Å². The predicted octanol–water partition coefficient (Wildman–Crippen LogP) is 15.7. The zero-order valence-corrected chi connectivity index (χ0v) is 35.4. The number of benzene rings is 9. The van der Waals surface area contributed by atoms with E-state index in [9.17, 15) is 0 Å². The van der Waals surface area contributed by atoms with Gasteiger partial charge in [-0.3, -0.25) is 0 Å². The minimum Gasteiger partial charge on any atom is -0.228 e. The van der Waals surface area contributed by atoms with Gasteiger partial charge in [-0.2, -0.15) is 0 Å². The van der Waals surface area contributed by atoms with Crippen LogP contribution in [0.25, 0.3) is 100.0 Å². The maximum atomic E-state index is 5.32. The largest absolute Gasteiger partial charge is 0.228 e. The molecule has 2 aliphatic rings. The number of rotatable bonds is 5. The van der Waals surface area contributed by atoms with Crippen LogP contribution in [0.4, 0.5) is 0 Å². The molecule has 12 rings (SSSR count). The van der Waals surface area contributed by atoms with Gasteiger partial charge in [0.1, 0.15) is 0 Å². The van der Waals surface area contributed by atoms with Gasteiger partial charge in [0.15, 0.2) is 5.82 Å². The molecule has 2 aliphatic carbocycles. The van der Waals surface area contributed by atoms with Gasteiger partial charge in [-0.25, -0.2) is 9.97 Å². The number of hydrogen-bond acceptors (Lipinski definition) is 2. The maximum Gasteiger partial charge on any atom is 0.160 e. The molecular formula is C60H44N2. The average Bonchev–Trinajstić information content (AvgIpc) is 3.70. The third-order valence-corrected chi connectivity index (χ3v) is 13.9. The lowest BCUT2D eigenvalue weighted by atomic mass is 9.79. The third-order valence-electron chi connectivity index (χ3n) is 13.9. The fourth-order valence-corrected chi connectivity index (χ4v) is 10.8. The van der Waals surface area contributed by atoms with Crippen molar-refractivity contribution in [3.63, 3.8) is 0 Å². The molecular weight excluding hydrogens is 749 g/mol. The first kappa shape index (κ1) is 36.4. The topological polar surface area (TPSA) is 25.8 Å². The Hall–Kier alpha value is -7.42. The lowest BCUT2D eigenvalue weighted by Crippen LogP contribution is -2.15. The highest BCUT2D eigenvalue weighted by Gasteiger charge is 2.38. The van der Waals surface area contributed by atoms with E-state index in [1.807, 2.05) is 6.07 Å². The molecule has 0 aliphatic heterocycles. The monoisotopic (exact) mass is 792 g/mol. The van der Waals surface area contributed by atoms with Crippen LogP contribution in [0.3, 0.4) is 0 Å². The third kappa shape index (κ3) is 5.43. The Labute approximate surface area is 363 Å². The number of aromatic nitrogens is 2. The average molecular weight is 793 g/mol. The van der Waals surface area contributed by atoms with Crippen molar-refractivity contribution in [2.45, 2.75) is 38.5 Å². The SMILES string of the molecule is CC1(C)c2ccccc2-c2c(-c3cc(-c4ccc(-c5ccc(-c6ccc7c(c6)C(C)(C)c6c-7ccc7ccccc67)cc5)c5ccccc45)nc(-c4ccccc4)n3)cccc21. The first-order valence-electron chi connectivity index (χ1n) is 21.7. The van der Waals surface area contributed by atoms with Crippen molar-refractivity contribution in [1.82, 2.24) is 9.97 Å². The summed E-state index contributed by atoms with van der Waals surface area (Å²) < 4.78 is 0. The van der Waals surface area contributed by atoms with Gasteiger partial charge >= 0.3 is 0 Å². The van der Waals surface area contributed by atoms with Crippen molar-refractivity contribution in [3.05, 3.63) is 216 Å². The van der Waals surface area contributed by atoms with Crippen molar-refractivity contribution in [1.29, 1.82) is 0 Å². The normalized spacial score (nSPS) is 14.1. The Morgan fingerprint density at radius 3 is 1.71 bits per heavy atom. The van der Waals surface area contributed by atoms with Gasteiger partial charge in [-0.15, -0.1) is 0 Å². The summed E-state index contributed by atoms with van der Waals surface area (Å²) in [6.45, 7) is 9.42. The highest BCUT2D eigenvalue weighted by molar-refractivity contribution is 6.05. The van der Waals surface area contributed by atoms with Crippen LogP contribution in [0.5, 0.6) is 0 Å². The lowest BCUT2D eigenvalue weighted by Gasteiger charge is -2.23. The van der Waals surface area contributed by atoms with E-state index < -0.39 is 0 Å². The molecule has 9 aromatic carbocycles. The van der Waals surface area contributed by atoms with Crippen molar-refractivity contribution in [2.75, 3.05) is 0 Å². The standard InChI is InChI=1S/C60H44N2/c1-59(2)51-23-13-12-21-49(51)56-50(22-14-24-52(56)59)55-36-54(61-58(62-55)40-16-6-5-7-17-40)47-34-33-42(44-19-10-11-20-45(44)47)39-27-25-37(26-28-39)41-30-31-46-48-32-29-38-15-8-9-18-43(38)57(48)60(3,4)53(46)35-41/h5-36H,1-4H3. The molecule has 0 spiro atoms. The molecule has 0 saturated heterocycles. The van der Waals surface area contributed by atoms with Gasteiger partial charge < -0.3 is 0 Å². The summed E-state index contributed by atoms with van der Waals surface area (Å²) in [6.07, 6.45) is 0. The van der Waals surface area contributed by atoms with Crippen LogP contribution in [-0.4, -0.2) is 9.97 Å². The second-order valence-corrected chi connectivity index (χ2v) is 18.1. The van der Waals surface area contributed by atoms with E-state index in [-0.39, 0.29) is 10.8 Å². The summed E-state index contributed by atoms with van der Waals surface area (Å²) in [4.78, 5) is 10.6. The molecule has 0 amide bonds. The number of hydrogen-bond donors (Lipinski definition) is 0. The van der Waals surface area contributed by atoms with Crippen LogP contribution in [-0.2, 0) is 10.8 Å². The molecule has 0 fully saturated rings. The molecule has 2 nitrogen and oxygen atoms in total. The van der Waals surface area contributed by atoms with Crippen LogP contribution in [0.15, 0.2) is 194 Å². The smallest absolute Gasteiger partial charge is 0.160 e. The van der Waals surface area contributed by atoms with E-state index in [4.69, 9.17) is 9.97 Å². The molecule has 0 atom stereocenters. The fourth-order valence-electron chi connectivity index (χ4n) is 10.8. The molecule has 294 valence electrons. The summed E-state index contributed by atoms with van der Waals surface area (Å²) in [7, 11) is 0. The van der Waals surface area contributed by atoms with Crippen LogP contribution < -0.4 is 0 Å².